The fraction of sp³-hybridized carbons (Fsp3) is 0.300. The molecule has 2 N–H and O–H groups in total. The predicted octanol–water partition coefficient (Wildman–Crippen LogP) is 1.80. The quantitative estimate of drug-likeness (QED) is 0.734. The van der Waals surface area contributed by atoms with Crippen LogP contribution >= 0.6 is 11.3 Å². The van der Waals surface area contributed by atoms with Crippen LogP contribution in [-0.4, -0.2) is 16.5 Å². The molecule has 0 aromatic carbocycles. The molecule has 2 aromatic rings. The van der Waals surface area contributed by atoms with E-state index in [1.165, 1.54) is 11.3 Å². The minimum absolute atomic E-state index is 0.924. The first-order chi connectivity index (χ1) is 6.95. The van der Waals surface area contributed by atoms with Gasteiger partial charge in [0.15, 0.2) is 0 Å². The van der Waals surface area contributed by atoms with Gasteiger partial charge in [-0.3, -0.25) is 0 Å². The number of hydrogen-bond acceptors (Lipinski definition) is 3. The Labute approximate surface area is 87.2 Å². The van der Waals surface area contributed by atoms with Crippen LogP contribution in [0.3, 0.4) is 0 Å². The standard InChI is InChI=1S/C10H13N3S/c1-3-11-5-9(1)6-12-4-2-10-7-14-8-13-10/h1,3,5,7-8,11-12H,2,4,6H2. The third-order valence-electron chi connectivity index (χ3n) is 2.03. The highest BCUT2D eigenvalue weighted by molar-refractivity contribution is 7.07. The van der Waals surface area contributed by atoms with Gasteiger partial charge in [0.05, 0.1) is 11.2 Å². The first-order valence-corrected chi connectivity index (χ1v) is 5.59. The summed E-state index contributed by atoms with van der Waals surface area (Å²) in [5, 5.41) is 5.47. The van der Waals surface area contributed by atoms with Crippen LogP contribution in [-0.2, 0) is 13.0 Å². The van der Waals surface area contributed by atoms with Crippen LogP contribution in [0.2, 0.25) is 0 Å². The molecule has 0 amide bonds. The van der Waals surface area contributed by atoms with Crippen molar-refractivity contribution in [3.8, 4) is 0 Å². The number of rotatable bonds is 5. The minimum Gasteiger partial charge on any atom is -0.367 e. The van der Waals surface area contributed by atoms with Gasteiger partial charge in [0.2, 0.25) is 0 Å². The van der Waals surface area contributed by atoms with Crippen LogP contribution in [0, 0.1) is 0 Å². The van der Waals surface area contributed by atoms with Gasteiger partial charge in [-0.1, -0.05) is 0 Å². The smallest absolute Gasteiger partial charge is 0.0794 e. The maximum atomic E-state index is 4.22. The molecule has 4 heteroatoms. The highest BCUT2D eigenvalue weighted by Gasteiger charge is 1.95. The first-order valence-electron chi connectivity index (χ1n) is 4.64. The molecular weight excluding hydrogens is 194 g/mol. The zero-order valence-corrected chi connectivity index (χ0v) is 8.68. The van der Waals surface area contributed by atoms with Crippen molar-refractivity contribution in [3.05, 3.63) is 40.6 Å². The fourth-order valence-electron chi connectivity index (χ4n) is 1.28. The van der Waals surface area contributed by atoms with Crippen LogP contribution in [0.5, 0.6) is 0 Å². The molecule has 0 bridgehead atoms. The van der Waals surface area contributed by atoms with E-state index in [1.807, 2.05) is 17.9 Å². The minimum atomic E-state index is 0.924. The molecule has 0 aliphatic carbocycles. The molecule has 0 atom stereocenters. The Morgan fingerprint density at radius 1 is 1.50 bits per heavy atom. The number of nitrogens with zero attached hydrogens (tertiary/aromatic N) is 1. The van der Waals surface area contributed by atoms with E-state index in [2.05, 4.69) is 26.7 Å². The summed E-state index contributed by atoms with van der Waals surface area (Å²) in [5.41, 5.74) is 4.35. The summed E-state index contributed by atoms with van der Waals surface area (Å²) < 4.78 is 0. The van der Waals surface area contributed by atoms with Gasteiger partial charge < -0.3 is 10.3 Å². The van der Waals surface area contributed by atoms with E-state index in [0.29, 0.717) is 0 Å². The lowest BCUT2D eigenvalue weighted by atomic mass is 10.3. The van der Waals surface area contributed by atoms with E-state index in [-0.39, 0.29) is 0 Å². The van der Waals surface area contributed by atoms with Crippen LogP contribution in [0.15, 0.2) is 29.4 Å². The Kier molecular flexibility index (Phi) is 3.32. The summed E-state index contributed by atoms with van der Waals surface area (Å²) in [6, 6.07) is 2.08. The van der Waals surface area contributed by atoms with E-state index in [0.717, 1.165) is 19.5 Å². The SMILES string of the molecule is c1cc(CNCCc2cscn2)c[nH]1. The molecule has 2 aromatic heterocycles. The lowest BCUT2D eigenvalue weighted by Gasteiger charge is -2.00. The second-order valence-corrected chi connectivity index (χ2v) is 3.84. The summed E-state index contributed by atoms with van der Waals surface area (Å²) in [6.45, 7) is 1.91. The Morgan fingerprint density at radius 2 is 2.50 bits per heavy atom. The zero-order valence-electron chi connectivity index (χ0n) is 7.86. The van der Waals surface area contributed by atoms with Crippen molar-refractivity contribution < 1.29 is 0 Å². The molecular formula is C10H13N3S. The number of H-pyrrole nitrogens is 1. The second-order valence-electron chi connectivity index (χ2n) is 3.13. The van der Waals surface area contributed by atoms with Gasteiger partial charge in [-0.25, -0.2) is 4.98 Å². The van der Waals surface area contributed by atoms with Gasteiger partial charge in [-0.2, -0.15) is 0 Å². The molecule has 14 heavy (non-hydrogen) atoms. The van der Waals surface area contributed by atoms with Crippen molar-refractivity contribution in [1.82, 2.24) is 15.3 Å². The highest BCUT2D eigenvalue weighted by Crippen LogP contribution is 2.01. The van der Waals surface area contributed by atoms with E-state index in [4.69, 9.17) is 0 Å². The number of hydrogen-bond donors (Lipinski definition) is 2. The Balaban J connectivity index is 1.65. The Bertz CT molecular complexity index is 303. The number of thiazole rings is 1. The molecule has 0 saturated carbocycles. The number of aromatic nitrogens is 2. The predicted molar refractivity (Wildman–Crippen MR) is 58.3 cm³/mol. The molecule has 0 saturated heterocycles. The van der Waals surface area contributed by atoms with Gasteiger partial charge in [-0.05, 0) is 11.6 Å². The van der Waals surface area contributed by atoms with Crippen molar-refractivity contribution in [2.75, 3.05) is 6.54 Å². The molecule has 0 fully saturated rings. The molecule has 0 aliphatic heterocycles. The van der Waals surface area contributed by atoms with E-state index in [9.17, 15) is 0 Å². The van der Waals surface area contributed by atoms with E-state index < -0.39 is 0 Å². The van der Waals surface area contributed by atoms with Gasteiger partial charge in [0.25, 0.3) is 0 Å². The summed E-state index contributed by atoms with van der Waals surface area (Å²) in [6.07, 6.45) is 4.96. The van der Waals surface area contributed by atoms with Gasteiger partial charge >= 0.3 is 0 Å². The highest BCUT2D eigenvalue weighted by atomic mass is 32.1. The number of aromatic amines is 1. The molecule has 74 valence electrons. The van der Waals surface area contributed by atoms with Gasteiger partial charge in [0.1, 0.15) is 0 Å². The average molecular weight is 207 g/mol. The van der Waals surface area contributed by atoms with Crippen LogP contribution in [0.4, 0.5) is 0 Å². The summed E-state index contributed by atoms with van der Waals surface area (Å²) in [5.74, 6) is 0. The molecule has 0 aliphatic rings. The maximum Gasteiger partial charge on any atom is 0.0794 e. The van der Waals surface area contributed by atoms with Crippen LogP contribution in [0.1, 0.15) is 11.3 Å². The summed E-state index contributed by atoms with van der Waals surface area (Å²) in [4.78, 5) is 7.26. The third-order valence-corrected chi connectivity index (χ3v) is 2.67. The lowest BCUT2D eigenvalue weighted by molar-refractivity contribution is 0.682. The van der Waals surface area contributed by atoms with Crippen LogP contribution < -0.4 is 5.32 Å². The first kappa shape index (κ1) is 9.43. The average Bonchev–Trinajstić information content (AvgIpc) is 2.86. The summed E-state index contributed by atoms with van der Waals surface area (Å²) in [7, 11) is 0. The molecule has 2 rings (SSSR count). The molecule has 3 nitrogen and oxygen atoms in total. The van der Waals surface area contributed by atoms with Gasteiger partial charge in [0, 0.05) is 37.3 Å². The second kappa shape index (κ2) is 4.93. The zero-order chi connectivity index (χ0) is 9.64. The number of nitrogens with one attached hydrogen (secondary N) is 2. The monoisotopic (exact) mass is 207 g/mol. The van der Waals surface area contributed by atoms with Gasteiger partial charge in [-0.15, -0.1) is 11.3 Å². The lowest BCUT2D eigenvalue weighted by Crippen LogP contribution is -2.16. The maximum absolute atomic E-state index is 4.22. The van der Waals surface area contributed by atoms with Crippen LogP contribution in [0.25, 0.3) is 0 Å². The molecule has 0 radical (unpaired) electrons. The third kappa shape index (κ3) is 2.68. The Hall–Kier alpha value is -1.13. The molecule has 0 unspecified atom stereocenters. The topological polar surface area (TPSA) is 40.7 Å². The van der Waals surface area contributed by atoms with E-state index in [1.54, 1.807) is 11.3 Å². The van der Waals surface area contributed by atoms with Crippen molar-refractivity contribution >= 4 is 11.3 Å². The molecule has 2 heterocycles. The largest absolute Gasteiger partial charge is 0.367 e. The fourth-order valence-corrected chi connectivity index (χ4v) is 1.87. The van der Waals surface area contributed by atoms with Crippen molar-refractivity contribution in [2.24, 2.45) is 0 Å². The Morgan fingerprint density at radius 3 is 3.21 bits per heavy atom. The van der Waals surface area contributed by atoms with E-state index >= 15 is 0 Å². The molecule has 0 spiro atoms. The normalized spacial score (nSPS) is 10.6. The van der Waals surface area contributed by atoms with Crippen molar-refractivity contribution in [1.29, 1.82) is 0 Å². The van der Waals surface area contributed by atoms with Crippen molar-refractivity contribution in [2.45, 2.75) is 13.0 Å². The van der Waals surface area contributed by atoms with Crippen molar-refractivity contribution in [3.63, 3.8) is 0 Å². The summed E-state index contributed by atoms with van der Waals surface area (Å²) >= 11 is 1.65.